The second kappa shape index (κ2) is 4.87. The number of imidazole rings is 1. The molecule has 0 saturated carbocycles. The van der Waals surface area contributed by atoms with Crippen LogP contribution >= 0.6 is 0 Å². The summed E-state index contributed by atoms with van der Waals surface area (Å²) in [5.41, 5.74) is 4.54. The summed E-state index contributed by atoms with van der Waals surface area (Å²) in [5.74, 6) is 0.537. The molecule has 0 saturated heterocycles. The molecule has 0 bridgehead atoms. The van der Waals surface area contributed by atoms with Crippen molar-refractivity contribution >= 4 is 16.9 Å². The molecule has 3 aromatic rings. The molecule has 1 N–H and O–H groups in total. The normalized spacial score (nSPS) is 14.1. The maximum absolute atomic E-state index is 12.1. The van der Waals surface area contributed by atoms with Gasteiger partial charge in [0.15, 0.2) is 0 Å². The van der Waals surface area contributed by atoms with E-state index in [0.717, 1.165) is 22.2 Å². The first-order valence-electron chi connectivity index (χ1n) is 7.19. The lowest BCUT2D eigenvalue weighted by Gasteiger charge is -2.09. The van der Waals surface area contributed by atoms with Gasteiger partial charge >= 0.3 is 0 Å². The van der Waals surface area contributed by atoms with Crippen LogP contribution in [0.1, 0.15) is 10.4 Å². The Morgan fingerprint density at radius 3 is 3.05 bits per heavy atom. The van der Waals surface area contributed by atoms with E-state index in [9.17, 15) is 4.79 Å². The third-order valence-corrected chi connectivity index (χ3v) is 3.94. The molecule has 0 atom stereocenters. The second-order valence-electron chi connectivity index (χ2n) is 5.34. The van der Waals surface area contributed by atoms with Gasteiger partial charge in [0.05, 0.1) is 29.5 Å². The molecule has 1 aliphatic rings. The lowest BCUT2D eigenvalue weighted by molar-refractivity contribution is 0.0957. The second-order valence-corrected chi connectivity index (χ2v) is 5.34. The van der Waals surface area contributed by atoms with Crippen LogP contribution in [0.15, 0.2) is 42.7 Å². The molecule has 22 heavy (non-hydrogen) atoms. The van der Waals surface area contributed by atoms with Gasteiger partial charge in [-0.3, -0.25) is 4.79 Å². The van der Waals surface area contributed by atoms with Crippen LogP contribution in [0, 0.1) is 0 Å². The Morgan fingerprint density at radius 2 is 2.14 bits per heavy atom. The third-order valence-electron chi connectivity index (χ3n) is 3.94. The molecule has 0 aliphatic carbocycles. The maximum atomic E-state index is 12.1. The van der Waals surface area contributed by atoms with Crippen molar-refractivity contribution in [2.24, 2.45) is 7.05 Å². The van der Waals surface area contributed by atoms with E-state index in [2.05, 4.69) is 10.3 Å². The average molecular weight is 293 g/mol. The summed E-state index contributed by atoms with van der Waals surface area (Å²) in [6.45, 7) is 1.02. The van der Waals surface area contributed by atoms with Gasteiger partial charge in [0.1, 0.15) is 12.4 Å². The van der Waals surface area contributed by atoms with E-state index in [-0.39, 0.29) is 5.91 Å². The van der Waals surface area contributed by atoms with Crippen LogP contribution in [0.4, 0.5) is 0 Å². The number of benzene rings is 2. The lowest BCUT2D eigenvalue weighted by atomic mass is 10.0. The summed E-state index contributed by atoms with van der Waals surface area (Å²) in [4.78, 5) is 16.6. The fourth-order valence-corrected chi connectivity index (χ4v) is 2.81. The topological polar surface area (TPSA) is 56.2 Å². The Morgan fingerprint density at radius 1 is 1.23 bits per heavy atom. The monoisotopic (exact) mass is 293 g/mol. The molecule has 1 amide bonds. The Balaban J connectivity index is 1.91. The molecule has 1 aliphatic heterocycles. The molecule has 1 aromatic heterocycles. The van der Waals surface area contributed by atoms with Crippen molar-refractivity contribution in [3.05, 3.63) is 48.3 Å². The smallest absolute Gasteiger partial charge is 0.255 e. The van der Waals surface area contributed by atoms with Crippen LogP contribution in [0.5, 0.6) is 5.75 Å². The number of fused-ring (bicyclic) bond motifs is 2. The zero-order valence-electron chi connectivity index (χ0n) is 12.2. The zero-order chi connectivity index (χ0) is 15.1. The van der Waals surface area contributed by atoms with E-state index in [0.29, 0.717) is 24.5 Å². The molecule has 110 valence electrons. The number of amides is 1. The number of carbonyl (C=O) groups excluding carboxylic acids is 1. The van der Waals surface area contributed by atoms with Gasteiger partial charge in [-0.1, -0.05) is 18.2 Å². The summed E-state index contributed by atoms with van der Waals surface area (Å²) >= 11 is 0. The van der Waals surface area contributed by atoms with Gasteiger partial charge in [-0.2, -0.15) is 0 Å². The van der Waals surface area contributed by atoms with Gasteiger partial charge in [0, 0.05) is 12.6 Å². The van der Waals surface area contributed by atoms with Gasteiger partial charge in [-0.15, -0.1) is 0 Å². The van der Waals surface area contributed by atoms with Gasteiger partial charge in [-0.05, 0) is 23.8 Å². The summed E-state index contributed by atoms with van der Waals surface area (Å²) in [6, 6.07) is 11.8. The third kappa shape index (κ3) is 1.94. The number of nitrogens with one attached hydrogen (secondary N) is 1. The quantitative estimate of drug-likeness (QED) is 0.749. The van der Waals surface area contributed by atoms with Crippen molar-refractivity contribution in [1.82, 2.24) is 14.9 Å². The fraction of sp³-hybridized carbons (Fsp3) is 0.176. The van der Waals surface area contributed by atoms with Crippen LogP contribution < -0.4 is 10.1 Å². The Kier molecular flexibility index (Phi) is 2.85. The van der Waals surface area contributed by atoms with E-state index in [1.165, 1.54) is 0 Å². The standard InChI is InChI=1S/C17H15N3O2/c1-20-10-19-16-12(3-2-4-14(16)20)11-5-6-15-13(9-11)17(21)18-7-8-22-15/h2-6,9-10H,7-8H2,1H3,(H,18,21). The molecule has 5 nitrogen and oxygen atoms in total. The van der Waals surface area contributed by atoms with Gasteiger partial charge in [0.2, 0.25) is 0 Å². The van der Waals surface area contributed by atoms with E-state index in [4.69, 9.17) is 4.74 Å². The highest BCUT2D eigenvalue weighted by atomic mass is 16.5. The Labute approximate surface area is 127 Å². The SMILES string of the molecule is Cn1cnc2c(-c3ccc4c(c3)C(=O)NCCO4)cccc21. The van der Waals surface area contributed by atoms with Crippen LogP contribution in [0.2, 0.25) is 0 Å². The van der Waals surface area contributed by atoms with E-state index in [1.54, 1.807) is 6.33 Å². The molecule has 0 spiro atoms. The highest BCUT2D eigenvalue weighted by molar-refractivity contribution is 6.00. The van der Waals surface area contributed by atoms with Crippen molar-refractivity contribution < 1.29 is 9.53 Å². The highest BCUT2D eigenvalue weighted by Gasteiger charge is 2.18. The Hall–Kier alpha value is -2.82. The van der Waals surface area contributed by atoms with E-state index >= 15 is 0 Å². The molecule has 2 aromatic carbocycles. The van der Waals surface area contributed by atoms with Gasteiger partial charge in [-0.25, -0.2) is 4.98 Å². The molecular formula is C17H15N3O2. The van der Waals surface area contributed by atoms with Crippen LogP contribution in [-0.4, -0.2) is 28.6 Å². The minimum Gasteiger partial charge on any atom is -0.491 e. The molecular weight excluding hydrogens is 278 g/mol. The average Bonchev–Trinajstić information content (AvgIpc) is 2.82. The van der Waals surface area contributed by atoms with Crippen molar-refractivity contribution in [2.45, 2.75) is 0 Å². The lowest BCUT2D eigenvalue weighted by Crippen LogP contribution is -2.24. The van der Waals surface area contributed by atoms with Gasteiger partial charge in [0.25, 0.3) is 5.91 Å². The summed E-state index contributed by atoms with van der Waals surface area (Å²) in [5, 5.41) is 2.84. The predicted octanol–water partition coefficient (Wildman–Crippen LogP) is 2.36. The van der Waals surface area contributed by atoms with Crippen molar-refractivity contribution in [3.63, 3.8) is 0 Å². The first-order valence-corrected chi connectivity index (χ1v) is 7.19. The maximum Gasteiger partial charge on any atom is 0.255 e. The zero-order valence-corrected chi connectivity index (χ0v) is 12.2. The Bertz CT molecular complexity index is 883. The molecule has 0 radical (unpaired) electrons. The summed E-state index contributed by atoms with van der Waals surface area (Å²) in [6.07, 6.45) is 1.80. The minimum absolute atomic E-state index is 0.0949. The molecule has 0 fully saturated rings. The predicted molar refractivity (Wildman–Crippen MR) is 84.0 cm³/mol. The molecule has 4 rings (SSSR count). The minimum atomic E-state index is -0.0949. The number of para-hydroxylation sites is 1. The first-order chi connectivity index (χ1) is 10.7. The van der Waals surface area contributed by atoms with Crippen molar-refractivity contribution in [3.8, 4) is 16.9 Å². The number of carbonyl (C=O) groups is 1. The fourth-order valence-electron chi connectivity index (χ4n) is 2.81. The van der Waals surface area contributed by atoms with Crippen molar-refractivity contribution in [2.75, 3.05) is 13.2 Å². The number of aryl methyl sites for hydroxylation is 1. The number of rotatable bonds is 1. The van der Waals surface area contributed by atoms with E-state index in [1.807, 2.05) is 48.0 Å². The van der Waals surface area contributed by atoms with Crippen molar-refractivity contribution in [1.29, 1.82) is 0 Å². The number of hydrogen-bond donors (Lipinski definition) is 1. The number of nitrogens with zero attached hydrogens (tertiary/aromatic N) is 2. The molecule has 5 heteroatoms. The number of hydrogen-bond acceptors (Lipinski definition) is 3. The first kappa shape index (κ1) is 12.9. The van der Waals surface area contributed by atoms with E-state index < -0.39 is 0 Å². The van der Waals surface area contributed by atoms with Crippen LogP contribution in [0.3, 0.4) is 0 Å². The van der Waals surface area contributed by atoms with Gasteiger partial charge < -0.3 is 14.6 Å². The summed E-state index contributed by atoms with van der Waals surface area (Å²) in [7, 11) is 1.97. The number of ether oxygens (including phenoxy) is 1. The molecule has 2 heterocycles. The summed E-state index contributed by atoms with van der Waals surface area (Å²) < 4.78 is 7.58. The van der Waals surface area contributed by atoms with Crippen LogP contribution in [0.25, 0.3) is 22.2 Å². The largest absolute Gasteiger partial charge is 0.491 e. The highest BCUT2D eigenvalue weighted by Crippen LogP contribution is 2.31. The molecule has 0 unspecified atom stereocenters. The number of aromatic nitrogens is 2. The van der Waals surface area contributed by atoms with Crippen LogP contribution in [-0.2, 0) is 7.05 Å².